The van der Waals surface area contributed by atoms with Gasteiger partial charge in [-0.15, -0.1) is 0 Å². The lowest BCUT2D eigenvalue weighted by atomic mass is 9.98. The first-order chi connectivity index (χ1) is 12.1. The number of carboxylic acids is 3. The van der Waals surface area contributed by atoms with Crippen LogP contribution in [0.5, 0.6) is 0 Å². The van der Waals surface area contributed by atoms with Gasteiger partial charge in [0.15, 0.2) is 0 Å². The second-order valence-electron chi connectivity index (χ2n) is 4.91. The zero-order valence-corrected chi connectivity index (χ0v) is 13.5. The number of ether oxygens (including phenoxy) is 2. The molecule has 10 heteroatoms. The van der Waals surface area contributed by atoms with Crippen LogP contribution < -0.4 is 0 Å². The second kappa shape index (κ2) is 8.42. The van der Waals surface area contributed by atoms with Crippen LogP contribution in [0.25, 0.3) is 0 Å². The van der Waals surface area contributed by atoms with Gasteiger partial charge < -0.3 is 24.8 Å². The van der Waals surface area contributed by atoms with Crippen molar-refractivity contribution in [2.24, 2.45) is 0 Å². The highest BCUT2D eigenvalue weighted by atomic mass is 16.6. The minimum absolute atomic E-state index is 0.125. The zero-order valence-electron chi connectivity index (χ0n) is 13.5. The molecule has 0 atom stereocenters. The van der Waals surface area contributed by atoms with Crippen LogP contribution in [0.2, 0.25) is 0 Å². The number of carboxylic acid groups (broad SMARTS) is 3. The summed E-state index contributed by atoms with van der Waals surface area (Å²) < 4.78 is 9.41. The third-order valence-corrected chi connectivity index (χ3v) is 2.97. The summed E-state index contributed by atoms with van der Waals surface area (Å²) in [5, 5.41) is 27.2. The lowest BCUT2D eigenvalue weighted by molar-refractivity contribution is -0.140. The summed E-state index contributed by atoms with van der Waals surface area (Å²) >= 11 is 0. The van der Waals surface area contributed by atoms with E-state index in [0.717, 1.165) is 0 Å². The smallest absolute Gasteiger partial charge is 0.339 e. The van der Waals surface area contributed by atoms with Gasteiger partial charge in [0.25, 0.3) is 0 Å². The number of benzene rings is 1. The van der Waals surface area contributed by atoms with Crippen molar-refractivity contribution < 1.29 is 48.8 Å². The van der Waals surface area contributed by atoms with E-state index in [4.69, 9.17) is 20.1 Å². The molecule has 0 aliphatic rings. The molecule has 0 amide bonds. The van der Waals surface area contributed by atoms with Crippen LogP contribution in [-0.2, 0) is 14.3 Å². The third-order valence-electron chi connectivity index (χ3n) is 2.97. The van der Waals surface area contributed by atoms with Crippen LogP contribution in [0.15, 0.2) is 24.3 Å². The first-order valence-electron chi connectivity index (χ1n) is 6.94. The third kappa shape index (κ3) is 4.90. The van der Waals surface area contributed by atoms with Gasteiger partial charge in [-0.25, -0.2) is 24.0 Å². The van der Waals surface area contributed by atoms with Crippen molar-refractivity contribution in [3.05, 3.63) is 46.5 Å². The lowest BCUT2D eigenvalue weighted by Crippen LogP contribution is -2.19. The van der Waals surface area contributed by atoms with E-state index in [1.807, 2.05) is 0 Å². The molecule has 0 spiro atoms. The summed E-state index contributed by atoms with van der Waals surface area (Å²) in [7, 11) is 0. The topological polar surface area (TPSA) is 164 Å². The largest absolute Gasteiger partial charge is 0.478 e. The zero-order chi connectivity index (χ0) is 20.0. The average Bonchev–Trinajstić information content (AvgIpc) is 2.56. The minimum Gasteiger partial charge on any atom is -0.478 e. The van der Waals surface area contributed by atoms with Gasteiger partial charge in [0.05, 0.1) is 22.3 Å². The van der Waals surface area contributed by atoms with Gasteiger partial charge in [0, 0.05) is 5.57 Å². The highest BCUT2D eigenvalue weighted by Crippen LogP contribution is 2.19. The normalized spacial score (nSPS) is 9.88. The predicted octanol–water partition coefficient (Wildman–Crippen LogP) is 1.06. The first-order valence-corrected chi connectivity index (χ1v) is 6.94. The second-order valence-corrected chi connectivity index (χ2v) is 4.91. The summed E-state index contributed by atoms with van der Waals surface area (Å²) in [6, 6.07) is 1.17. The highest BCUT2D eigenvalue weighted by molar-refractivity contribution is 6.09. The lowest BCUT2D eigenvalue weighted by Gasteiger charge is -2.10. The Morgan fingerprint density at radius 2 is 1.19 bits per heavy atom. The van der Waals surface area contributed by atoms with E-state index in [1.54, 1.807) is 0 Å². The van der Waals surface area contributed by atoms with Gasteiger partial charge >= 0.3 is 29.8 Å². The van der Waals surface area contributed by atoms with E-state index < -0.39 is 58.7 Å². The Morgan fingerprint density at radius 3 is 1.62 bits per heavy atom. The fraction of sp³-hybridized carbons (Fsp3) is 0.188. The molecule has 0 saturated carbocycles. The molecule has 0 aromatic heterocycles. The Balaban J connectivity index is 3.08. The molecule has 1 aromatic rings. The Labute approximate surface area is 146 Å². The van der Waals surface area contributed by atoms with Gasteiger partial charge in [-0.1, -0.05) is 6.58 Å². The predicted molar refractivity (Wildman–Crippen MR) is 83.4 cm³/mol. The van der Waals surface area contributed by atoms with Crippen LogP contribution in [0.3, 0.4) is 0 Å². The summed E-state index contributed by atoms with van der Waals surface area (Å²) in [5.74, 6) is -6.91. The van der Waals surface area contributed by atoms with E-state index >= 15 is 0 Å². The van der Waals surface area contributed by atoms with E-state index in [-0.39, 0.29) is 12.2 Å². The molecule has 0 aliphatic heterocycles. The quantitative estimate of drug-likeness (QED) is 0.344. The molecule has 0 bridgehead atoms. The first kappa shape index (κ1) is 20.4. The molecule has 0 heterocycles. The minimum atomic E-state index is -1.67. The van der Waals surface area contributed by atoms with Gasteiger partial charge in [0.1, 0.15) is 13.2 Å². The Bertz CT molecular complexity index is 805. The van der Waals surface area contributed by atoms with Crippen molar-refractivity contribution in [2.45, 2.75) is 6.92 Å². The van der Waals surface area contributed by atoms with Crippen LogP contribution in [0.4, 0.5) is 0 Å². The van der Waals surface area contributed by atoms with Crippen molar-refractivity contribution >= 4 is 29.8 Å². The molecule has 0 unspecified atom stereocenters. The molecule has 0 aliphatic carbocycles. The number of rotatable bonds is 8. The van der Waals surface area contributed by atoms with Gasteiger partial charge in [-0.05, 0) is 19.1 Å². The van der Waals surface area contributed by atoms with Crippen molar-refractivity contribution in [1.82, 2.24) is 0 Å². The SMILES string of the molecule is C=C(C)C(=O)OCCOC(=O)c1cc(C(=O)O)c(C(=O)O)cc1C(=O)O. The molecule has 10 nitrogen and oxygen atoms in total. The Hall–Kier alpha value is -3.69. The van der Waals surface area contributed by atoms with Crippen LogP contribution in [-0.4, -0.2) is 58.4 Å². The molecule has 3 N–H and O–H groups in total. The van der Waals surface area contributed by atoms with E-state index in [2.05, 4.69) is 11.3 Å². The molecule has 0 saturated heterocycles. The molecule has 26 heavy (non-hydrogen) atoms. The summed E-state index contributed by atoms with van der Waals surface area (Å²) in [4.78, 5) is 56.7. The molecule has 1 aromatic carbocycles. The molecular formula is C16H14O10. The van der Waals surface area contributed by atoms with Crippen LogP contribution in [0, 0.1) is 0 Å². The number of hydrogen-bond acceptors (Lipinski definition) is 7. The average molecular weight is 366 g/mol. The molecule has 1 rings (SSSR count). The summed E-state index contributed by atoms with van der Waals surface area (Å²) in [5.41, 5.74) is -2.83. The van der Waals surface area contributed by atoms with Crippen LogP contribution >= 0.6 is 0 Å². The molecule has 0 fully saturated rings. The Kier molecular flexibility index (Phi) is 6.59. The number of carbonyl (C=O) groups is 5. The van der Waals surface area contributed by atoms with Gasteiger partial charge in [0.2, 0.25) is 0 Å². The van der Waals surface area contributed by atoms with Gasteiger partial charge in [-0.3, -0.25) is 0 Å². The monoisotopic (exact) mass is 366 g/mol. The molecule has 0 radical (unpaired) electrons. The Morgan fingerprint density at radius 1 is 0.808 bits per heavy atom. The molecule has 138 valence electrons. The number of hydrogen-bond donors (Lipinski definition) is 3. The number of carbonyl (C=O) groups excluding carboxylic acids is 2. The number of esters is 2. The standard InChI is InChI=1S/C16H14O10/c1-7(2)15(23)25-3-4-26-16(24)11-6-9(13(19)20)8(12(17)18)5-10(11)14(21)22/h5-6H,1,3-4H2,2H3,(H,17,18)(H,19,20)(H,21,22). The maximum absolute atomic E-state index is 12.0. The van der Waals surface area contributed by atoms with E-state index in [0.29, 0.717) is 12.1 Å². The van der Waals surface area contributed by atoms with Crippen LogP contribution in [0.1, 0.15) is 48.4 Å². The fourth-order valence-corrected chi connectivity index (χ4v) is 1.77. The van der Waals surface area contributed by atoms with E-state index in [1.165, 1.54) is 6.92 Å². The maximum atomic E-state index is 12.0. The van der Waals surface area contributed by atoms with Crippen molar-refractivity contribution in [1.29, 1.82) is 0 Å². The fourth-order valence-electron chi connectivity index (χ4n) is 1.77. The van der Waals surface area contributed by atoms with Crippen molar-refractivity contribution in [3.63, 3.8) is 0 Å². The van der Waals surface area contributed by atoms with Gasteiger partial charge in [-0.2, -0.15) is 0 Å². The van der Waals surface area contributed by atoms with Crippen molar-refractivity contribution in [3.8, 4) is 0 Å². The molecular weight excluding hydrogens is 352 g/mol. The summed E-state index contributed by atoms with van der Waals surface area (Å²) in [6.45, 7) is 3.99. The van der Waals surface area contributed by atoms with Crippen molar-refractivity contribution in [2.75, 3.05) is 13.2 Å². The van der Waals surface area contributed by atoms with E-state index in [9.17, 15) is 24.0 Å². The number of aromatic carboxylic acids is 3. The summed E-state index contributed by atoms with van der Waals surface area (Å²) in [6.07, 6.45) is 0. The maximum Gasteiger partial charge on any atom is 0.339 e. The highest BCUT2D eigenvalue weighted by Gasteiger charge is 2.26.